The van der Waals surface area contributed by atoms with E-state index >= 15 is 0 Å². The first-order chi connectivity index (χ1) is 13.9. The van der Waals surface area contributed by atoms with Gasteiger partial charge in [0.2, 0.25) is 0 Å². The quantitative estimate of drug-likeness (QED) is 0.512. The standard InChI is InChI=1S/C22H29ClN4O2/c1-16(29-20-10-6-9-19(23)14-20)15-26-22(24-2)25-12-11-17-7-5-8-18(13-17)21(28)27(3)4/h5-10,13-14,16H,11-12,15H2,1-4H3,(H2,24,25,26). The lowest BCUT2D eigenvalue weighted by Gasteiger charge is -2.18. The number of hydrogen-bond acceptors (Lipinski definition) is 3. The van der Waals surface area contributed by atoms with E-state index in [0.29, 0.717) is 29.6 Å². The molecule has 0 spiro atoms. The predicted molar refractivity (Wildman–Crippen MR) is 119 cm³/mol. The van der Waals surface area contributed by atoms with Crippen molar-refractivity contribution in [1.29, 1.82) is 0 Å². The summed E-state index contributed by atoms with van der Waals surface area (Å²) >= 11 is 5.98. The minimum absolute atomic E-state index is 0.00553. The Morgan fingerprint density at radius 3 is 2.62 bits per heavy atom. The molecule has 2 aromatic rings. The average molecular weight is 417 g/mol. The van der Waals surface area contributed by atoms with Gasteiger partial charge < -0.3 is 20.3 Å². The van der Waals surface area contributed by atoms with Gasteiger partial charge in [-0.15, -0.1) is 0 Å². The molecular weight excluding hydrogens is 388 g/mol. The zero-order valence-electron chi connectivity index (χ0n) is 17.4. The molecule has 1 amide bonds. The molecule has 0 radical (unpaired) electrons. The van der Waals surface area contributed by atoms with Crippen LogP contribution in [0.1, 0.15) is 22.8 Å². The second kappa shape index (κ2) is 11.3. The number of rotatable bonds is 8. The monoisotopic (exact) mass is 416 g/mol. The lowest BCUT2D eigenvalue weighted by atomic mass is 10.1. The molecule has 0 aliphatic rings. The van der Waals surface area contributed by atoms with Gasteiger partial charge in [-0.3, -0.25) is 9.79 Å². The summed E-state index contributed by atoms with van der Waals surface area (Å²) < 4.78 is 5.85. The number of hydrogen-bond donors (Lipinski definition) is 2. The van der Waals surface area contributed by atoms with Crippen molar-refractivity contribution in [2.45, 2.75) is 19.4 Å². The third-order valence-electron chi connectivity index (χ3n) is 4.20. The van der Waals surface area contributed by atoms with E-state index in [2.05, 4.69) is 15.6 Å². The summed E-state index contributed by atoms with van der Waals surface area (Å²) in [6.07, 6.45) is 0.727. The fourth-order valence-corrected chi connectivity index (χ4v) is 2.90. The van der Waals surface area contributed by atoms with Crippen LogP contribution in [-0.4, -0.2) is 57.1 Å². The second-order valence-electron chi connectivity index (χ2n) is 6.92. The Bertz CT molecular complexity index is 839. The minimum Gasteiger partial charge on any atom is -0.489 e. The first-order valence-electron chi connectivity index (χ1n) is 9.56. The number of halogens is 1. The largest absolute Gasteiger partial charge is 0.489 e. The van der Waals surface area contributed by atoms with Gasteiger partial charge in [-0.2, -0.15) is 0 Å². The summed E-state index contributed by atoms with van der Waals surface area (Å²) in [5.41, 5.74) is 1.79. The van der Waals surface area contributed by atoms with Gasteiger partial charge in [0.25, 0.3) is 5.91 Å². The minimum atomic E-state index is -0.0549. The fraction of sp³-hybridized carbons (Fsp3) is 0.364. The first-order valence-corrected chi connectivity index (χ1v) is 9.94. The Morgan fingerprint density at radius 2 is 1.93 bits per heavy atom. The first kappa shape index (κ1) is 22.6. The molecule has 0 saturated carbocycles. The highest BCUT2D eigenvalue weighted by Gasteiger charge is 2.09. The molecule has 29 heavy (non-hydrogen) atoms. The van der Waals surface area contributed by atoms with Crippen molar-refractivity contribution in [1.82, 2.24) is 15.5 Å². The van der Waals surface area contributed by atoms with Crippen LogP contribution in [-0.2, 0) is 6.42 Å². The lowest BCUT2D eigenvalue weighted by molar-refractivity contribution is 0.0827. The molecule has 0 bridgehead atoms. The lowest BCUT2D eigenvalue weighted by Crippen LogP contribution is -2.42. The topological polar surface area (TPSA) is 66.0 Å². The van der Waals surface area contributed by atoms with Gasteiger partial charge in [-0.25, -0.2) is 0 Å². The third kappa shape index (κ3) is 7.66. The van der Waals surface area contributed by atoms with Crippen molar-refractivity contribution in [3.63, 3.8) is 0 Å². The number of ether oxygens (including phenoxy) is 1. The van der Waals surface area contributed by atoms with Gasteiger partial charge >= 0.3 is 0 Å². The van der Waals surface area contributed by atoms with Crippen molar-refractivity contribution < 1.29 is 9.53 Å². The average Bonchev–Trinajstić information content (AvgIpc) is 2.70. The van der Waals surface area contributed by atoms with Crippen LogP contribution in [0.5, 0.6) is 5.75 Å². The van der Waals surface area contributed by atoms with Crippen LogP contribution in [0.15, 0.2) is 53.5 Å². The Kier molecular flexibility index (Phi) is 8.80. The Balaban J connectivity index is 1.78. The van der Waals surface area contributed by atoms with E-state index in [1.54, 1.807) is 32.1 Å². The molecule has 0 fully saturated rings. The molecule has 6 nitrogen and oxygen atoms in total. The normalized spacial score (nSPS) is 12.2. The maximum atomic E-state index is 12.1. The van der Waals surface area contributed by atoms with Crippen LogP contribution in [0.2, 0.25) is 5.02 Å². The van der Waals surface area contributed by atoms with Crippen molar-refractivity contribution in [3.05, 3.63) is 64.7 Å². The number of nitrogens with one attached hydrogen (secondary N) is 2. The molecule has 1 atom stereocenters. The number of guanidine groups is 1. The summed E-state index contributed by atoms with van der Waals surface area (Å²) in [5, 5.41) is 7.19. The molecule has 156 valence electrons. The maximum absolute atomic E-state index is 12.1. The zero-order valence-corrected chi connectivity index (χ0v) is 18.2. The van der Waals surface area contributed by atoms with E-state index in [1.807, 2.05) is 49.4 Å². The predicted octanol–water partition coefficient (Wildman–Crippen LogP) is 3.22. The number of nitrogens with zero attached hydrogens (tertiary/aromatic N) is 2. The van der Waals surface area contributed by atoms with Crippen LogP contribution in [0.4, 0.5) is 0 Å². The summed E-state index contributed by atoms with van der Waals surface area (Å²) in [6, 6.07) is 15.0. The molecular formula is C22H29ClN4O2. The third-order valence-corrected chi connectivity index (χ3v) is 4.44. The van der Waals surface area contributed by atoms with Gasteiger partial charge in [0.05, 0.1) is 6.54 Å². The summed E-state index contributed by atoms with van der Waals surface area (Å²) in [5.74, 6) is 1.44. The van der Waals surface area contributed by atoms with Gasteiger partial charge in [0, 0.05) is 38.3 Å². The Morgan fingerprint density at radius 1 is 1.17 bits per heavy atom. The van der Waals surface area contributed by atoms with Crippen LogP contribution in [0.25, 0.3) is 0 Å². The Labute approximate surface area is 177 Å². The number of carbonyl (C=O) groups is 1. The number of amides is 1. The number of aliphatic imine (C=N–C) groups is 1. The van der Waals surface area contributed by atoms with Gasteiger partial charge in [-0.1, -0.05) is 29.8 Å². The maximum Gasteiger partial charge on any atom is 0.253 e. The summed E-state index contributed by atoms with van der Waals surface area (Å²) in [7, 11) is 5.24. The van der Waals surface area contributed by atoms with E-state index in [0.717, 1.165) is 17.7 Å². The molecule has 0 aromatic heterocycles. The zero-order chi connectivity index (χ0) is 21.2. The summed E-state index contributed by atoms with van der Waals surface area (Å²) in [4.78, 5) is 17.9. The molecule has 7 heteroatoms. The van der Waals surface area contributed by atoms with Crippen molar-refractivity contribution in [2.75, 3.05) is 34.2 Å². The van der Waals surface area contributed by atoms with Gasteiger partial charge in [0.15, 0.2) is 5.96 Å². The molecule has 0 aliphatic carbocycles. The summed E-state index contributed by atoms with van der Waals surface area (Å²) in [6.45, 7) is 3.27. The van der Waals surface area contributed by atoms with Gasteiger partial charge in [-0.05, 0) is 49.2 Å². The number of carbonyl (C=O) groups excluding carboxylic acids is 1. The molecule has 2 aromatic carbocycles. The highest BCUT2D eigenvalue weighted by Crippen LogP contribution is 2.18. The highest BCUT2D eigenvalue weighted by atomic mass is 35.5. The fourth-order valence-electron chi connectivity index (χ4n) is 2.72. The van der Waals surface area contributed by atoms with E-state index < -0.39 is 0 Å². The van der Waals surface area contributed by atoms with E-state index in [4.69, 9.17) is 16.3 Å². The van der Waals surface area contributed by atoms with Gasteiger partial charge in [0.1, 0.15) is 11.9 Å². The van der Waals surface area contributed by atoms with Crippen LogP contribution >= 0.6 is 11.6 Å². The van der Waals surface area contributed by atoms with Crippen molar-refractivity contribution >= 4 is 23.5 Å². The molecule has 1 unspecified atom stereocenters. The van der Waals surface area contributed by atoms with E-state index in [1.165, 1.54) is 0 Å². The van der Waals surface area contributed by atoms with Crippen LogP contribution < -0.4 is 15.4 Å². The van der Waals surface area contributed by atoms with E-state index in [9.17, 15) is 4.79 Å². The molecule has 0 heterocycles. The van der Waals surface area contributed by atoms with Crippen LogP contribution in [0.3, 0.4) is 0 Å². The number of benzene rings is 2. The highest BCUT2D eigenvalue weighted by molar-refractivity contribution is 6.30. The van der Waals surface area contributed by atoms with Crippen molar-refractivity contribution in [3.8, 4) is 5.75 Å². The van der Waals surface area contributed by atoms with E-state index in [-0.39, 0.29) is 12.0 Å². The van der Waals surface area contributed by atoms with Crippen LogP contribution in [0, 0.1) is 0 Å². The SMILES string of the molecule is CN=C(NCCc1cccc(C(=O)N(C)C)c1)NCC(C)Oc1cccc(Cl)c1. The molecule has 2 N–H and O–H groups in total. The van der Waals surface area contributed by atoms with Crippen molar-refractivity contribution in [2.24, 2.45) is 4.99 Å². The smallest absolute Gasteiger partial charge is 0.253 e. The molecule has 0 saturated heterocycles. The molecule has 2 rings (SSSR count). The molecule has 0 aliphatic heterocycles. The Hall–Kier alpha value is -2.73. The second-order valence-corrected chi connectivity index (χ2v) is 7.35.